The predicted molar refractivity (Wildman–Crippen MR) is 67.5 cm³/mol. The van der Waals surface area contributed by atoms with E-state index in [9.17, 15) is 14.9 Å². The molecule has 1 amide bonds. The van der Waals surface area contributed by atoms with E-state index < -0.39 is 4.92 Å². The van der Waals surface area contributed by atoms with Gasteiger partial charge in [0.25, 0.3) is 5.69 Å². The molecule has 1 aliphatic rings. The van der Waals surface area contributed by atoms with Crippen LogP contribution in [0.15, 0.2) is 24.3 Å². The molecule has 0 unspecified atom stereocenters. The van der Waals surface area contributed by atoms with Gasteiger partial charge in [-0.2, -0.15) is 0 Å². The lowest BCUT2D eigenvalue weighted by Gasteiger charge is -2.21. The maximum Gasteiger partial charge on any atom is 0.269 e. The van der Waals surface area contributed by atoms with Gasteiger partial charge in [-0.25, -0.2) is 0 Å². The maximum atomic E-state index is 12.1. The van der Waals surface area contributed by atoms with E-state index in [4.69, 9.17) is 0 Å². The van der Waals surface area contributed by atoms with Crippen LogP contribution in [0.3, 0.4) is 0 Å². The highest BCUT2D eigenvalue weighted by molar-refractivity contribution is 5.96. The number of carbonyl (C=O) groups is 1. The zero-order valence-corrected chi connectivity index (χ0v) is 10.1. The third kappa shape index (κ3) is 2.48. The second kappa shape index (κ2) is 5.14. The molecule has 1 saturated heterocycles. The number of amides is 1. The molecule has 0 aliphatic carbocycles. The zero-order chi connectivity index (χ0) is 13.1. The first kappa shape index (κ1) is 12.5. The van der Waals surface area contributed by atoms with Crippen LogP contribution in [0, 0.1) is 10.1 Å². The van der Waals surface area contributed by atoms with Gasteiger partial charge in [-0.1, -0.05) is 0 Å². The van der Waals surface area contributed by atoms with Gasteiger partial charge in [0.1, 0.15) is 0 Å². The highest BCUT2D eigenvalue weighted by Crippen LogP contribution is 2.20. The van der Waals surface area contributed by atoms with E-state index in [0.29, 0.717) is 5.69 Å². The van der Waals surface area contributed by atoms with Gasteiger partial charge in [0.05, 0.1) is 11.0 Å². The number of nitrogens with zero attached hydrogens (tertiary/aromatic N) is 2. The Morgan fingerprint density at radius 2 is 2.11 bits per heavy atom. The fraction of sp³-hybridized carbons (Fsp3) is 0.417. The number of nitro benzene ring substituents is 1. The number of hydrogen-bond acceptors (Lipinski definition) is 4. The fourth-order valence-electron chi connectivity index (χ4n) is 2.05. The topological polar surface area (TPSA) is 75.5 Å². The van der Waals surface area contributed by atoms with Crippen molar-refractivity contribution in [2.24, 2.45) is 0 Å². The van der Waals surface area contributed by atoms with Crippen molar-refractivity contribution in [3.8, 4) is 0 Å². The third-order valence-electron chi connectivity index (χ3n) is 3.14. The molecule has 6 nitrogen and oxygen atoms in total. The van der Waals surface area contributed by atoms with Crippen LogP contribution in [0.2, 0.25) is 0 Å². The largest absolute Gasteiger partial charge is 0.314 e. The van der Waals surface area contributed by atoms with Crippen molar-refractivity contribution in [3.63, 3.8) is 0 Å². The molecule has 0 radical (unpaired) electrons. The van der Waals surface area contributed by atoms with E-state index in [1.807, 2.05) is 0 Å². The highest BCUT2D eigenvalue weighted by atomic mass is 16.6. The van der Waals surface area contributed by atoms with Crippen molar-refractivity contribution in [1.29, 1.82) is 0 Å². The van der Waals surface area contributed by atoms with E-state index in [1.54, 1.807) is 19.2 Å². The molecule has 1 aromatic carbocycles. The van der Waals surface area contributed by atoms with E-state index >= 15 is 0 Å². The number of carbonyl (C=O) groups excluding carboxylic acids is 1. The third-order valence-corrected chi connectivity index (χ3v) is 3.14. The Balaban J connectivity index is 2.10. The number of benzene rings is 1. The van der Waals surface area contributed by atoms with Gasteiger partial charge in [0, 0.05) is 24.9 Å². The number of non-ortho nitro benzene ring substituents is 1. The molecule has 1 N–H and O–H groups in total. The Hall–Kier alpha value is -1.95. The minimum atomic E-state index is -0.454. The molecular weight excluding hydrogens is 234 g/mol. The Morgan fingerprint density at radius 1 is 1.44 bits per heavy atom. The van der Waals surface area contributed by atoms with Gasteiger partial charge in [0.2, 0.25) is 5.91 Å². The van der Waals surface area contributed by atoms with Gasteiger partial charge in [-0.3, -0.25) is 14.9 Å². The summed E-state index contributed by atoms with van der Waals surface area (Å²) in [5.41, 5.74) is 0.692. The summed E-state index contributed by atoms with van der Waals surface area (Å²) in [7, 11) is 1.68. The lowest BCUT2D eigenvalue weighted by atomic mass is 10.2. The summed E-state index contributed by atoms with van der Waals surface area (Å²) >= 11 is 0. The van der Waals surface area contributed by atoms with Crippen LogP contribution >= 0.6 is 0 Å². The number of nitrogens with one attached hydrogen (secondary N) is 1. The molecule has 6 heteroatoms. The van der Waals surface area contributed by atoms with E-state index in [-0.39, 0.29) is 17.6 Å². The molecule has 2 rings (SSSR count). The van der Waals surface area contributed by atoms with Gasteiger partial charge in [-0.05, 0) is 31.5 Å². The minimum Gasteiger partial charge on any atom is -0.314 e. The molecule has 0 spiro atoms. The van der Waals surface area contributed by atoms with E-state index in [0.717, 1.165) is 19.4 Å². The van der Waals surface area contributed by atoms with Crippen molar-refractivity contribution >= 4 is 17.3 Å². The van der Waals surface area contributed by atoms with Gasteiger partial charge in [-0.15, -0.1) is 0 Å². The summed E-state index contributed by atoms with van der Waals surface area (Å²) in [6, 6.07) is 5.85. The Morgan fingerprint density at radius 3 is 2.61 bits per heavy atom. The molecular formula is C12H15N3O3. The minimum absolute atomic E-state index is 0.00125. The molecule has 18 heavy (non-hydrogen) atoms. The standard InChI is InChI=1S/C12H15N3O3/c1-14(12(16)11-3-2-8-13-11)9-4-6-10(7-5-9)15(17)18/h4-7,11,13H,2-3,8H2,1H3/t11-/m1/s1. The van der Waals surface area contributed by atoms with Crippen LogP contribution < -0.4 is 10.2 Å². The van der Waals surface area contributed by atoms with Gasteiger partial charge < -0.3 is 10.2 Å². The average Bonchev–Trinajstić information content (AvgIpc) is 2.91. The number of anilines is 1. The molecule has 0 saturated carbocycles. The quantitative estimate of drug-likeness (QED) is 0.647. The molecule has 0 bridgehead atoms. The zero-order valence-electron chi connectivity index (χ0n) is 10.1. The second-order valence-corrected chi connectivity index (χ2v) is 4.32. The van der Waals surface area contributed by atoms with Crippen molar-refractivity contribution in [1.82, 2.24) is 5.32 Å². The van der Waals surface area contributed by atoms with Crippen molar-refractivity contribution in [3.05, 3.63) is 34.4 Å². The monoisotopic (exact) mass is 249 g/mol. The van der Waals surface area contributed by atoms with Crippen LogP contribution in [0.1, 0.15) is 12.8 Å². The van der Waals surface area contributed by atoms with E-state index in [1.165, 1.54) is 17.0 Å². The Kier molecular flexibility index (Phi) is 3.57. The number of rotatable bonds is 3. The van der Waals surface area contributed by atoms with Crippen LogP contribution in [0.5, 0.6) is 0 Å². The highest BCUT2D eigenvalue weighted by Gasteiger charge is 2.25. The summed E-state index contributed by atoms with van der Waals surface area (Å²) in [5, 5.41) is 13.7. The van der Waals surface area contributed by atoms with Crippen molar-refractivity contribution in [2.45, 2.75) is 18.9 Å². The lowest BCUT2D eigenvalue weighted by molar-refractivity contribution is -0.384. The number of nitro groups is 1. The summed E-state index contributed by atoms with van der Waals surface area (Å²) in [6.45, 7) is 0.866. The SMILES string of the molecule is CN(C(=O)[C@H]1CCCN1)c1ccc([N+](=O)[O-])cc1. The smallest absolute Gasteiger partial charge is 0.269 e. The first-order valence-electron chi connectivity index (χ1n) is 5.85. The predicted octanol–water partition coefficient (Wildman–Crippen LogP) is 1.31. The summed E-state index contributed by atoms with van der Waals surface area (Å²) in [4.78, 5) is 23.7. The molecule has 96 valence electrons. The van der Waals surface area contributed by atoms with E-state index in [2.05, 4.69) is 5.32 Å². The van der Waals surface area contributed by atoms with Crippen molar-refractivity contribution < 1.29 is 9.72 Å². The summed E-state index contributed by atoms with van der Waals surface area (Å²) < 4.78 is 0. The van der Waals surface area contributed by atoms with Crippen LogP contribution in [-0.4, -0.2) is 30.5 Å². The average molecular weight is 249 g/mol. The number of hydrogen-bond donors (Lipinski definition) is 1. The first-order valence-corrected chi connectivity index (χ1v) is 5.85. The molecule has 1 fully saturated rings. The van der Waals surface area contributed by atoms with Crippen LogP contribution in [0.25, 0.3) is 0 Å². The Labute approximate surface area is 105 Å². The number of likely N-dealkylation sites (N-methyl/N-ethyl adjacent to an activating group) is 1. The van der Waals surface area contributed by atoms with Gasteiger partial charge in [0.15, 0.2) is 0 Å². The Bertz CT molecular complexity index is 452. The molecule has 1 aromatic rings. The first-order chi connectivity index (χ1) is 8.59. The second-order valence-electron chi connectivity index (χ2n) is 4.32. The molecule has 1 atom stereocenters. The molecule has 1 aliphatic heterocycles. The van der Waals surface area contributed by atoms with Crippen LogP contribution in [0.4, 0.5) is 11.4 Å². The molecule has 0 aromatic heterocycles. The maximum absolute atomic E-state index is 12.1. The van der Waals surface area contributed by atoms with Gasteiger partial charge >= 0.3 is 0 Å². The van der Waals surface area contributed by atoms with Crippen LogP contribution in [-0.2, 0) is 4.79 Å². The summed E-state index contributed by atoms with van der Waals surface area (Å²) in [5.74, 6) is 0.00125. The fourth-order valence-corrected chi connectivity index (χ4v) is 2.05. The summed E-state index contributed by atoms with van der Waals surface area (Å²) in [6.07, 6.45) is 1.85. The normalized spacial score (nSPS) is 18.6. The molecule has 1 heterocycles. The lowest BCUT2D eigenvalue weighted by Crippen LogP contribution is -2.41. The van der Waals surface area contributed by atoms with Crippen molar-refractivity contribution in [2.75, 3.05) is 18.5 Å².